The molecule has 1 unspecified atom stereocenters. The Hall–Kier alpha value is -1.61. The molecule has 19 heavy (non-hydrogen) atoms. The average Bonchev–Trinajstić information content (AvgIpc) is 2.51. The Labute approximate surface area is 113 Å². The Bertz CT molecular complexity index is 605. The molecule has 2 rings (SSSR count). The topological polar surface area (TPSA) is 39.2 Å². The predicted octanol–water partition coefficient (Wildman–Crippen LogP) is 4.01. The molecule has 1 heterocycles. The van der Waals surface area contributed by atoms with E-state index in [-0.39, 0.29) is 11.9 Å². The first-order chi connectivity index (χ1) is 8.82. The molecule has 0 bridgehead atoms. The molecule has 0 spiro atoms. The molecule has 1 aromatic heterocycles. The molecule has 1 aromatic carbocycles. The Morgan fingerprint density at radius 2 is 1.47 bits per heavy atom. The molecule has 0 saturated heterocycles. The van der Waals surface area contributed by atoms with E-state index in [0.29, 0.717) is 0 Å². The van der Waals surface area contributed by atoms with Crippen molar-refractivity contribution in [2.75, 3.05) is 0 Å². The van der Waals surface area contributed by atoms with Crippen molar-refractivity contribution in [1.29, 1.82) is 0 Å². The van der Waals surface area contributed by atoms with Gasteiger partial charge < -0.3 is 10.2 Å². The van der Waals surface area contributed by atoms with Gasteiger partial charge in [-0.2, -0.15) is 0 Å². The van der Waals surface area contributed by atoms with Crippen LogP contribution in [0, 0.1) is 40.4 Å². The predicted molar refractivity (Wildman–Crippen MR) is 74.8 cm³/mol. The van der Waals surface area contributed by atoms with Gasteiger partial charge in [-0.3, -0.25) is 0 Å². The molecule has 0 aliphatic rings. The van der Waals surface area contributed by atoms with Crippen molar-refractivity contribution in [2.45, 2.75) is 40.7 Å². The fourth-order valence-corrected chi connectivity index (χ4v) is 2.82. The fourth-order valence-electron chi connectivity index (χ4n) is 2.82. The maximum absolute atomic E-state index is 13.4. The number of hydrogen-bond donors (Lipinski definition) is 1. The van der Waals surface area contributed by atoms with E-state index in [1.807, 2.05) is 34.6 Å². The van der Waals surface area contributed by atoms with Gasteiger partial charge in [0.2, 0.25) is 0 Å². The number of benzene rings is 1. The molecule has 3 heteroatoms. The van der Waals surface area contributed by atoms with E-state index in [0.717, 1.165) is 39.3 Å². The number of rotatable bonds is 2. The monoisotopic (exact) mass is 261 g/mol. The lowest BCUT2D eigenvalue weighted by Crippen LogP contribution is -2.16. The van der Waals surface area contributed by atoms with Crippen molar-refractivity contribution in [1.82, 2.24) is 0 Å². The molecule has 0 amide bonds. The standard InChI is InChI=1S/C16H20FNO/c1-8-6-13(17)7-9(2)14(8)16(18)15-10(3)11(4)19-12(15)5/h6-7,16H,18H2,1-5H3. The molecule has 1 atom stereocenters. The van der Waals surface area contributed by atoms with Gasteiger partial charge >= 0.3 is 0 Å². The first kappa shape index (κ1) is 13.8. The number of aryl methyl sites for hydroxylation is 4. The van der Waals surface area contributed by atoms with E-state index in [9.17, 15) is 4.39 Å². The maximum atomic E-state index is 13.4. The van der Waals surface area contributed by atoms with Crippen LogP contribution in [0.15, 0.2) is 16.5 Å². The highest BCUT2D eigenvalue weighted by Crippen LogP contribution is 2.33. The summed E-state index contributed by atoms with van der Waals surface area (Å²) in [6.45, 7) is 9.65. The first-order valence-corrected chi connectivity index (χ1v) is 6.41. The average molecular weight is 261 g/mol. The molecule has 0 aliphatic carbocycles. The Morgan fingerprint density at radius 1 is 0.947 bits per heavy atom. The summed E-state index contributed by atoms with van der Waals surface area (Å²) in [4.78, 5) is 0. The van der Waals surface area contributed by atoms with Gasteiger partial charge in [0.15, 0.2) is 0 Å². The van der Waals surface area contributed by atoms with Gasteiger partial charge in [-0.1, -0.05) is 0 Å². The first-order valence-electron chi connectivity index (χ1n) is 6.41. The highest BCUT2D eigenvalue weighted by atomic mass is 19.1. The lowest BCUT2D eigenvalue weighted by Gasteiger charge is -2.18. The van der Waals surface area contributed by atoms with E-state index in [1.165, 1.54) is 12.1 Å². The Kier molecular flexibility index (Phi) is 3.50. The molecule has 2 aromatic rings. The van der Waals surface area contributed by atoms with Crippen LogP contribution in [0.2, 0.25) is 0 Å². The van der Waals surface area contributed by atoms with Gasteiger partial charge in [0.1, 0.15) is 17.3 Å². The van der Waals surface area contributed by atoms with Gasteiger partial charge in [-0.25, -0.2) is 4.39 Å². The third kappa shape index (κ3) is 2.30. The minimum atomic E-state index is -0.280. The number of nitrogens with two attached hydrogens (primary N) is 1. The normalized spacial score (nSPS) is 12.8. The summed E-state index contributed by atoms with van der Waals surface area (Å²) in [7, 11) is 0. The van der Waals surface area contributed by atoms with Crippen LogP contribution >= 0.6 is 0 Å². The summed E-state index contributed by atoms with van der Waals surface area (Å²) < 4.78 is 19.0. The zero-order valence-corrected chi connectivity index (χ0v) is 12.1. The maximum Gasteiger partial charge on any atom is 0.123 e. The van der Waals surface area contributed by atoms with Gasteiger partial charge in [0, 0.05) is 5.56 Å². The third-order valence-corrected chi connectivity index (χ3v) is 3.80. The van der Waals surface area contributed by atoms with Crippen molar-refractivity contribution < 1.29 is 8.81 Å². The summed E-state index contributed by atoms with van der Waals surface area (Å²) in [5.74, 6) is 1.51. The minimum Gasteiger partial charge on any atom is -0.466 e. The van der Waals surface area contributed by atoms with Crippen LogP contribution in [0.5, 0.6) is 0 Å². The van der Waals surface area contributed by atoms with Crippen LogP contribution in [0.1, 0.15) is 45.4 Å². The summed E-state index contributed by atoms with van der Waals surface area (Å²) in [6.07, 6.45) is 0. The fraction of sp³-hybridized carbons (Fsp3) is 0.375. The molecular formula is C16H20FNO. The van der Waals surface area contributed by atoms with Crippen molar-refractivity contribution in [2.24, 2.45) is 5.73 Å². The SMILES string of the molecule is Cc1cc(F)cc(C)c1C(N)c1c(C)oc(C)c1C. The highest BCUT2D eigenvalue weighted by molar-refractivity contribution is 5.46. The largest absolute Gasteiger partial charge is 0.466 e. The number of hydrogen-bond acceptors (Lipinski definition) is 2. The van der Waals surface area contributed by atoms with Crippen molar-refractivity contribution in [3.05, 3.63) is 57.3 Å². The highest BCUT2D eigenvalue weighted by Gasteiger charge is 2.22. The van der Waals surface area contributed by atoms with Crippen molar-refractivity contribution >= 4 is 0 Å². The molecule has 102 valence electrons. The van der Waals surface area contributed by atoms with Crippen LogP contribution in [-0.2, 0) is 0 Å². The third-order valence-electron chi connectivity index (χ3n) is 3.80. The van der Waals surface area contributed by atoms with Crippen LogP contribution in [0.25, 0.3) is 0 Å². The van der Waals surface area contributed by atoms with Crippen molar-refractivity contribution in [3.8, 4) is 0 Å². The van der Waals surface area contributed by atoms with Crippen molar-refractivity contribution in [3.63, 3.8) is 0 Å². The van der Waals surface area contributed by atoms with E-state index < -0.39 is 0 Å². The lowest BCUT2D eigenvalue weighted by molar-refractivity contribution is 0.498. The smallest absolute Gasteiger partial charge is 0.123 e. The second-order valence-corrected chi connectivity index (χ2v) is 5.18. The van der Waals surface area contributed by atoms with Crippen LogP contribution in [-0.4, -0.2) is 0 Å². The Balaban J connectivity index is 2.59. The molecular weight excluding hydrogens is 241 g/mol. The molecule has 2 N–H and O–H groups in total. The van der Waals surface area contributed by atoms with E-state index in [1.54, 1.807) is 0 Å². The van der Waals surface area contributed by atoms with E-state index in [4.69, 9.17) is 10.2 Å². The van der Waals surface area contributed by atoms with Gasteiger partial charge in [-0.05, 0) is 69.0 Å². The van der Waals surface area contributed by atoms with Crippen LogP contribution in [0.4, 0.5) is 4.39 Å². The van der Waals surface area contributed by atoms with Gasteiger partial charge in [0.25, 0.3) is 0 Å². The van der Waals surface area contributed by atoms with Gasteiger partial charge in [0.05, 0.1) is 6.04 Å². The number of halogens is 1. The quantitative estimate of drug-likeness (QED) is 0.887. The minimum absolute atomic E-state index is 0.220. The van der Waals surface area contributed by atoms with Gasteiger partial charge in [-0.15, -0.1) is 0 Å². The second-order valence-electron chi connectivity index (χ2n) is 5.18. The zero-order valence-electron chi connectivity index (χ0n) is 12.1. The number of furan rings is 1. The molecule has 2 nitrogen and oxygen atoms in total. The Morgan fingerprint density at radius 3 is 1.89 bits per heavy atom. The molecule has 0 aliphatic heterocycles. The lowest BCUT2D eigenvalue weighted by atomic mass is 9.90. The summed E-state index contributed by atoms with van der Waals surface area (Å²) in [6, 6.07) is 2.78. The summed E-state index contributed by atoms with van der Waals surface area (Å²) in [5, 5.41) is 0. The zero-order chi connectivity index (χ0) is 14.3. The molecule has 0 radical (unpaired) electrons. The van der Waals surface area contributed by atoms with E-state index >= 15 is 0 Å². The van der Waals surface area contributed by atoms with E-state index in [2.05, 4.69) is 0 Å². The summed E-state index contributed by atoms with van der Waals surface area (Å²) >= 11 is 0. The summed E-state index contributed by atoms with van der Waals surface area (Å²) in [5.41, 5.74) is 11.2. The molecule has 0 saturated carbocycles. The van der Waals surface area contributed by atoms with Crippen LogP contribution in [0.3, 0.4) is 0 Å². The second kappa shape index (κ2) is 4.82. The molecule has 0 fully saturated rings. The van der Waals surface area contributed by atoms with Crippen LogP contribution < -0.4 is 5.73 Å².